The first-order valence-corrected chi connectivity index (χ1v) is 6.39. The second-order valence-electron chi connectivity index (χ2n) is 5.07. The van der Waals surface area contributed by atoms with Gasteiger partial charge in [0.2, 0.25) is 0 Å². The maximum Gasteiger partial charge on any atom is 0.319 e. The lowest BCUT2D eigenvalue weighted by molar-refractivity contribution is -0.114. The zero-order valence-electron chi connectivity index (χ0n) is 10.5. The Morgan fingerprint density at radius 3 is 2.47 bits per heavy atom. The van der Waals surface area contributed by atoms with Gasteiger partial charge in [-0.3, -0.25) is 4.79 Å². The molecular weight excluding hydrogens is 216 g/mol. The third-order valence-corrected chi connectivity index (χ3v) is 3.80. The van der Waals surface area contributed by atoms with E-state index in [1.54, 1.807) is 6.92 Å². The van der Waals surface area contributed by atoms with E-state index in [4.69, 9.17) is 0 Å². The second-order valence-corrected chi connectivity index (χ2v) is 5.07. The number of nitrogens with one attached hydrogen (secondary N) is 2. The van der Waals surface area contributed by atoms with Crippen LogP contribution in [-0.2, 0) is 4.79 Å². The van der Waals surface area contributed by atoms with E-state index in [1.165, 1.54) is 19.3 Å². The van der Waals surface area contributed by atoms with Gasteiger partial charge in [-0.05, 0) is 32.6 Å². The van der Waals surface area contributed by atoms with Gasteiger partial charge in [0.1, 0.15) is 0 Å². The molecule has 94 valence electrons. The number of hydrogen-bond acceptors (Lipinski definition) is 2. The van der Waals surface area contributed by atoms with Crippen molar-refractivity contribution in [3.05, 3.63) is 11.3 Å². The number of allylic oxidation sites excluding steroid dienone is 1. The fourth-order valence-corrected chi connectivity index (χ4v) is 3.02. The summed E-state index contributed by atoms with van der Waals surface area (Å²) in [4.78, 5) is 23.2. The molecule has 2 amide bonds. The Kier molecular flexibility index (Phi) is 3.50. The minimum atomic E-state index is -0.178. The maximum absolute atomic E-state index is 11.7. The summed E-state index contributed by atoms with van der Waals surface area (Å²) in [5, 5.41) is 5.61. The number of ketones is 1. The average molecular weight is 236 g/mol. The third-order valence-electron chi connectivity index (χ3n) is 3.80. The van der Waals surface area contributed by atoms with Crippen molar-refractivity contribution in [2.75, 3.05) is 0 Å². The zero-order chi connectivity index (χ0) is 12.4. The van der Waals surface area contributed by atoms with Crippen LogP contribution >= 0.6 is 0 Å². The molecule has 1 heterocycles. The Morgan fingerprint density at radius 2 is 1.88 bits per heavy atom. The van der Waals surface area contributed by atoms with Gasteiger partial charge in [0.25, 0.3) is 0 Å². The number of amides is 2. The highest BCUT2D eigenvalue weighted by molar-refractivity contribution is 5.98. The van der Waals surface area contributed by atoms with Gasteiger partial charge in [-0.15, -0.1) is 0 Å². The molecule has 0 bridgehead atoms. The number of carbonyl (C=O) groups excluding carboxylic acids is 2. The highest BCUT2D eigenvalue weighted by Gasteiger charge is 2.34. The molecule has 0 aromatic rings. The van der Waals surface area contributed by atoms with Crippen molar-refractivity contribution in [2.24, 2.45) is 5.92 Å². The monoisotopic (exact) mass is 236 g/mol. The summed E-state index contributed by atoms with van der Waals surface area (Å²) in [5.41, 5.74) is 1.48. The predicted molar refractivity (Wildman–Crippen MR) is 65.4 cm³/mol. The van der Waals surface area contributed by atoms with Gasteiger partial charge in [-0.1, -0.05) is 19.3 Å². The van der Waals surface area contributed by atoms with E-state index in [-0.39, 0.29) is 17.9 Å². The quantitative estimate of drug-likeness (QED) is 0.771. The first kappa shape index (κ1) is 12.1. The van der Waals surface area contributed by atoms with E-state index in [1.807, 2.05) is 6.92 Å². The van der Waals surface area contributed by atoms with Gasteiger partial charge in [-0.25, -0.2) is 4.79 Å². The molecular formula is C13H20N2O2. The van der Waals surface area contributed by atoms with Crippen molar-refractivity contribution in [3.63, 3.8) is 0 Å². The van der Waals surface area contributed by atoms with Crippen LogP contribution in [0.4, 0.5) is 4.79 Å². The second kappa shape index (κ2) is 4.90. The van der Waals surface area contributed by atoms with Gasteiger partial charge < -0.3 is 10.6 Å². The van der Waals surface area contributed by atoms with Crippen molar-refractivity contribution in [1.82, 2.24) is 10.6 Å². The molecule has 2 rings (SSSR count). The minimum absolute atomic E-state index is 0.0607. The highest BCUT2D eigenvalue weighted by atomic mass is 16.2. The molecule has 4 heteroatoms. The summed E-state index contributed by atoms with van der Waals surface area (Å²) in [5.74, 6) is 0.481. The maximum atomic E-state index is 11.7. The van der Waals surface area contributed by atoms with Crippen LogP contribution < -0.4 is 10.6 Å². The number of hydrogen-bond donors (Lipinski definition) is 2. The molecule has 2 aliphatic rings. The van der Waals surface area contributed by atoms with Gasteiger partial charge in [-0.2, -0.15) is 0 Å². The molecule has 2 N–H and O–H groups in total. The standard InChI is InChI=1S/C13H20N2O2/c1-8-11(9(2)16)12(15-13(17)14-8)10-6-4-3-5-7-10/h10,12H,3-7H2,1-2H3,(H2,14,15,17). The Labute approximate surface area is 102 Å². The average Bonchev–Trinajstić information content (AvgIpc) is 2.28. The lowest BCUT2D eigenvalue weighted by Gasteiger charge is -2.35. The van der Waals surface area contributed by atoms with Gasteiger partial charge in [0, 0.05) is 11.3 Å². The van der Waals surface area contributed by atoms with Crippen LogP contribution in [0.1, 0.15) is 46.0 Å². The first-order valence-electron chi connectivity index (χ1n) is 6.39. The molecule has 17 heavy (non-hydrogen) atoms. The zero-order valence-corrected chi connectivity index (χ0v) is 10.5. The molecule has 1 unspecified atom stereocenters. The molecule has 0 spiro atoms. The largest absolute Gasteiger partial charge is 0.331 e. The van der Waals surface area contributed by atoms with Crippen LogP contribution in [0.2, 0.25) is 0 Å². The van der Waals surface area contributed by atoms with Gasteiger partial charge in [0.15, 0.2) is 5.78 Å². The molecule has 0 aromatic carbocycles. The summed E-state index contributed by atoms with van der Waals surface area (Å²) >= 11 is 0. The Balaban J connectivity index is 2.25. The van der Waals surface area contributed by atoms with E-state index >= 15 is 0 Å². The predicted octanol–water partition coefficient (Wildman–Crippen LogP) is 2.11. The van der Waals surface area contributed by atoms with Crippen molar-refractivity contribution >= 4 is 11.8 Å². The van der Waals surface area contributed by atoms with E-state index in [2.05, 4.69) is 10.6 Å². The molecule has 1 atom stereocenters. The number of rotatable bonds is 2. The number of Topliss-reactive ketones (excluding diaryl/α,β-unsaturated/α-hetero) is 1. The van der Waals surface area contributed by atoms with Crippen LogP contribution in [0.15, 0.2) is 11.3 Å². The molecule has 1 fully saturated rings. The number of urea groups is 1. The Hall–Kier alpha value is -1.32. The topological polar surface area (TPSA) is 58.2 Å². The molecule has 1 saturated carbocycles. The fraction of sp³-hybridized carbons (Fsp3) is 0.692. The van der Waals surface area contributed by atoms with Gasteiger partial charge in [0.05, 0.1) is 6.04 Å². The molecule has 1 aliphatic carbocycles. The van der Waals surface area contributed by atoms with E-state index in [0.717, 1.165) is 24.1 Å². The lowest BCUT2D eigenvalue weighted by Crippen LogP contribution is -2.52. The molecule has 4 nitrogen and oxygen atoms in total. The first-order chi connectivity index (χ1) is 8.09. The summed E-state index contributed by atoms with van der Waals surface area (Å²) in [7, 11) is 0. The minimum Gasteiger partial charge on any atom is -0.331 e. The summed E-state index contributed by atoms with van der Waals surface area (Å²) in [6, 6.07) is -0.260. The van der Waals surface area contributed by atoms with Crippen molar-refractivity contribution in [1.29, 1.82) is 0 Å². The molecule has 0 radical (unpaired) electrons. The SMILES string of the molecule is CC(=O)C1=C(C)NC(=O)NC1C1CCCCC1. The third kappa shape index (κ3) is 2.51. The van der Waals surface area contributed by atoms with Crippen LogP contribution in [0, 0.1) is 5.92 Å². The van der Waals surface area contributed by atoms with Crippen LogP contribution in [-0.4, -0.2) is 17.9 Å². The van der Waals surface area contributed by atoms with E-state index in [9.17, 15) is 9.59 Å². The van der Waals surface area contributed by atoms with Crippen LogP contribution in [0.3, 0.4) is 0 Å². The Morgan fingerprint density at radius 1 is 1.24 bits per heavy atom. The summed E-state index contributed by atoms with van der Waals surface area (Å²) in [6.07, 6.45) is 5.89. The normalized spacial score (nSPS) is 26.5. The summed E-state index contributed by atoms with van der Waals surface area (Å²) < 4.78 is 0. The van der Waals surface area contributed by atoms with Crippen molar-refractivity contribution < 1.29 is 9.59 Å². The van der Waals surface area contributed by atoms with Gasteiger partial charge >= 0.3 is 6.03 Å². The van der Waals surface area contributed by atoms with Crippen LogP contribution in [0.5, 0.6) is 0 Å². The van der Waals surface area contributed by atoms with E-state index < -0.39 is 0 Å². The lowest BCUT2D eigenvalue weighted by atomic mass is 9.79. The Bertz CT molecular complexity index is 368. The van der Waals surface area contributed by atoms with Crippen LogP contribution in [0.25, 0.3) is 0 Å². The highest BCUT2D eigenvalue weighted by Crippen LogP contribution is 2.31. The van der Waals surface area contributed by atoms with Crippen molar-refractivity contribution in [3.8, 4) is 0 Å². The van der Waals surface area contributed by atoms with E-state index in [0.29, 0.717) is 5.92 Å². The number of carbonyl (C=O) groups is 2. The smallest absolute Gasteiger partial charge is 0.319 e. The fourth-order valence-electron chi connectivity index (χ4n) is 3.02. The molecule has 0 saturated heterocycles. The molecule has 0 aromatic heterocycles. The van der Waals surface area contributed by atoms with Crippen molar-refractivity contribution in [2.45, 2.75) is 52.0 Å². The molecule has 1 aliphatic heterocycles. The summed E-state index contributed by atoms with van der Waals surface area (Å²) in [6.45, 7) is 3.39.